The largest absolute Gasteiger partial charge is 0.355 e. The minimum atomic E-state index is -0.242. The molecule has 2 fully saturated rings. The second kappa shape index (κ2) is 10.6. The van der Waals surface area contributed by atoms with Crippen LogP contribution in [0, 0.1) is 12.7 Å². The third-order valence-electron chi connectivity index (χ3n) is 5.98. The monoisotopic (exact) mass is 421 g/mol. The number of hydrogen-bond donors (Lipinski definition) is 1. The molecule has 164 valence electrons. The van der Waals surface area contributed by atoms with Crippen LogP contribution in [-0.2, 0) is 4.84 Å². The quantitative estimate of drug-likeness (QED) is 0.452. The summed E-state index contributed by atoms with van der Waals surface area (Å²) in [4.78, 5) is 11.1. The Morgan fingerprint density at radius 1 is 1.03 bits per heavy atom. The summed E-state index contributed by atoms with van der Waals surface area (Å²) in [7, 11) is 0. The third-order valence-corrected chi connectivity index (χ3v) is 5.98. The number of anilines is 1. The number of amidine groups is 1. The number of benzene rings is 2. The molecule has 0 spiro atoms. The molecular weight excluding hydrogens is 389 g/mol. The Morgan fingerprint density at radius 3 is 2.52 bits per heavy atom. The normalized spacial score (nSPS) is 18.8. The van der Waals surface area contributed by atoms with Crippen LogP contribution in [0.4, 0.5) is 10.1 Å². The fourth-order valence-electron chi connectivity index (χ4n) is 4.22. The van der Waals surface area contributed by atoms with E-state index in [1.54, 1.807) is 12.1 Å². The minimum Gasteiger partial charge on any atom is -0.355 e. The Balaban J connectivity index is 1.72. The van der Waals surface area contributed by atoms with Crippen molar-refractivity contribution in [2.45, 2.75) is 57.9 Å². The van der Waals surface area contributed by atoms with Crippen molar-refractivity contribution in [3.05, 3.63) is 71.6 Å². The van der Waals surface area contributed by atoms with Gasteiger partial charge in [-0.1, -0.05) is 43.5 Å². The van der Waals surface area contributed by atoms with Crippen molar-refractivity contribution in [1.82, 2.24) is 5.06 Å². The van der Waals surface area contributed by atoms with Gasteiger partial charge in [-0.15, -0.1) is 0 Å². The Hall–Kier alpha value is -2.66. The van der Waals surface area contributed by atoms with Crippen LogP contribution in [-0.4, -0.2) is 30.1 Å². The molecule has 1 heterocycles. The highest BCUT2D eigenvalue weighted by molar-refractivity contribution is 6.01. The predicted octanol–water partition coefficient (Wildman–Crippen LogP) is 6.35. The maximum atomic E-state index is 13.4. The fraction of sp³-hybridized carbons (Fsp3) is 0.423. The van der Waals surface area contributed by atoms with E-state index in [-0.39, 0.29) is 5.82 Å². The molecule has 0 radical (unpaired) electrons. The number of hydroxylamine groups is 2. The maximum Gasteiger partial charge on any atom is 0.150 e. The summed E-state index contributed by atoms with van der Waals surface area (Å²) in [5.41, 5.74) is 4.04. The van der Waals surface area contributed by atoms with Gasteiger partial charge in [0.05, 0.1) is 12.6 Å². The molecule has 1 N–H and O–H groups in total. The lowest BCUT2D eigenvalue weighted by Gasteiger charge is -2.30. The Labute approximate surface area is 184 Å². The molecule has 0 bridgehead atoms. The average Bonchev–Trinajstić information content (AvgIpc) is 2.81. The van der Waals surface area contributed by atoms with Crippen LogP contribution >= 0.6 is 0 Å². The Bertz CT molecular complexity index is 911. The van der Waals surface area contributed by atoms with E-state index in [0.29, 0.717) is 6.04 Å². The van der Waals surface area contributed by atoms with Gasteiger partial charge in [0.25, 0.3) is 0 Å². The zero-order chi connectivity index (χ0) is 21.5. The van der Waals surface area contributed by atoms with E-state index in [9.17, 15) is 4.39 Å². The van der Waals surface area contributed by atoms with Gasteiger partial charge in [0.1, 0.15) is 11.7 Å². The first kappa shape index (κ1) is 21.6. The number of nitrogens with one attached hydrogen (secondary N) is 1. The summed E-state index contributed by atoms with van der Waals surface area (Å²) in [6.07, 6.45) is 10.3. The van der Waals surface area contributed by atoms with Crippen LogP contribution in [0.1, 0.15) is 56.1 Å². The Kier molecular flexibility index (Phi) is 7.36. The Morgan fingerprint density at radius 2 is 1.81 bits per heavy atom. The number of nitrogens with zero attached hydrogens (tertiary/aromatic N) is 2. The number of rotatable bonds is 5. The lowest BCUT2D eigenvalue weighted by Crippen LogP contribution is -2.36. The third kappa shape index (κ3) is 5.95. The SMILES string of the molecule is Cc1ccccc1/C(=C/C(=NC1CCCCC1)N1CCCCO1)Nc1ccc(F)cc1. The summed E-state index contributed by atoms with van der Waals surface area (Å²) in [6, 6.07) is 15.1. The van der Waals surface area contributed by atoms with Gasteiger partial charge in [0.2, 0.25) is 0 Å². The van der Waals surface area contributed by atoms with Crippen molar-refractivity contribution in [1.29, 1.82) is 0 Å². The molecule has 1 aliphatic heterocycles. The molecule has 31 heavy (non-hydrogen) atoms. The molecule has 1 saturated carbocycles. The van der Waals surface area contributed by atoms with E-state index in [1.165, 1.54) is 37.0 Å². The maximum absolute atomic E-state index is 13.4. The van der Waals surface area contributed by atoms with Crippen LogP contribution in [0.25, 0.3) is 5.70 Å². The molecule has 2 aromatic rings. The lowest BCUT2D eigenvalue weighted by atomic mass is 9.96. The van der Waals surface area contributed by atoms with Crippen LogP contribution in [0.15, 0.2) is 59.6 Å². The number of halogens is 1. The molecular formula is C26H32FN3O. The lowest BCUT2D eigenvalue weighted by molar-refractivity contribution is -0.122. The molecule has 1 saturated heterocycles. The minimum absolute atomic E-state index is 0.242. The number of hydrogen-bond acceptors (Lipinski definition) is 3. The van der Waals surface area contributed by atoms with Crippen molar-refractivity contribution in [3.8, 4) is 0 Å². The second-order valence-corrected chi connectivity index (χ2v) is 8.43. The molecule has 2 aromatic carbocycles. The van der Waals surface area contributed by atoms with Gasteiger partial charge in [-0.05, 0) is 62.4 Å². The first-order valence-corrected chi connectivity index (χ1v) is 11.5. The van der Waals surface area contributed by atoms with Crippen molar-refractivity contribution in [2.75, 3.05) is 18.5 Å². The van der Waals surface area contributed by atoms with Crippen LogP contribution < -0.4 is 5.32 Å². The molecule has 2 aliphatic rings. The van der Waals surface area contributed by atoms with Crippen molar-refractivity contribution < 1.29 is 9.23 Å². The molecule has 1 aliphatic carbocycles. The van der Waals surface area contributed by atoms with Crippen LogP contribution in [0.2, 0.25) is 0 Å². The van der Waals surface area contributed by atoms with Crippen molar-refractivity contribution in [2.24, 2.45) is 4.99 Å². The molecule has 0 atom stereocenters. The van der Waals surface area contributed by atoms with E-state index in [2.05, 4.69) is 30.4 Å². The second-order valence-electron chi connectivity index (χ2n) is 8.43. The molecule has 4 nitrogen and oxygen atoms in total. The highest BCUT2D eigenvalue weighted by Crippen LogP contribution is 2.25. The number of aryl methyl sites for hydroxylation is 1. The average molecular weight is 422 g/mol. The fourth-order valence-corrected chi connectivity index (χ4v) is 4.22. The summed E-state index contributed by atoms with van der Waals surface area (Å²) in [5.74, 6) is 0.632. The highest BCUT2D eigenvalue weighted by Gasteiger charge is 2.20. The smallest absolute Gasteiger partial charge is 0.150 e. The van der Waals surface area contributed by atoms with Gasteiger partial charge >= 0.3 is 0 Å². The van der Waals surface area contributed by atoms with E-state index < -0.39 is 0 Å². The summed E-state index contributed by atoms with van der Waals surface area (Å²) < 4.78 is 13.4. The summed E-state index contributed by atoms with van der Waals surface area (Å²) in [6.45, 7) is 3.67. The molecule has 0 unspecified atom stereocenters. The first-order valence-electron chi connectivity index (χ1n) is 11.5. The van der Waals surface area contributed by atoms with E-state index >= 15 is 0 Å². The van der Waals surface area contributed by atoms with Crippen LogP contribution in [0.3, 0.4) is 0 Å². The van der Waals surface area contributed by atoms with Gasteiger partial charge in [-0.25, -0.2) is 9.45 Å². The number of aliphatic imine (C=N–C) groups is 1. The van der Waals surface area contributed by atoms with Gasteiger partial charge < -0.3 is 5.32 Å². The molecule has 0 aromatic heterocycles. The zero-order valence-electron chi connectivity index (χ0n) is 18.3. The highest BCUT2D eigenvalue weighted by atomic mass is 19.1. The van der Waals surface area contributed by atoms with E-state index in [0.717, 1.165) is 61.6 Å². The van der Waals surface area contributed by atoms with Gasteiger partial charge in [0.15, 0.2) is 0 Å². The molecule has 0 amide bonds. The topological polar surface area (TPSA) is 36.9 Å². The van der Waals surface area contributed by atoms with Crippen LogP contribution in [0.5, 0.6) is 0 Å². The van der Waals surface area contributed by atoms with Gasteiger partial charge in [0, 0.05) is 29.6 Å². The summed E-state index contributed by atoms with van der Waals surface area (Å²) >= 11 is 0. The predicted molar refractivity (Wildman–Crippen MR) is 125 cm³/mol. The zero-order valence-corrected chi connectivity index (χ0v) is 18.3. The van der Waals surface area contributed by atoms with Gasteiger partial charge in [-0.3, -0.25) is 9.83 Å². The first-order chi connectivity index (χ1) is 15.2. The van der Waals surface area contributed by atoms with Gasteiger partial charge in [-0.2, -0.15) is 0 Å². The summed E-state index contributed by atoms with van der Waals surface area (Å²) in [5, 5.41) is 5.46. The van der Waals surface area contributed by atoms with Crippen molar-refractivity contribution >= 4 is 17.2 Å². The molecule has 5 heteroatoms. The van der Waals surface area contributed by atoms with Crippen molar-refractivity contribution in [3.63, 3.8) is 0 Å². The standard InChI is InChI=1S/C26H32FN3O/c1-20-9-5-6-12-24(20)25(28-23-15-13-21(27)14-16-23)19-26(30-17-7-8-18-31-30)29-22-10-3-2-4-11-22/h5-6,9,12-16,19,22,28H,2-4,7-8,10-11,17-18H2,1H3/b25-19-,29-26?. The van der Waals surface area contributed by atoms with E-state index in [1.807, 2.05) is 17.2 Å². The molecule has 4 rings (SSSR count). The van der Waals surface area contributed by atoms with E-state index in [4.69, 9.17) is 9.83 Å².